The van der Waals surface area contributed by atoms with Gasteiger partial charge in [-0.05, 0) is 5.92 Å². The van der Waals surface area contributed by atoms with E-state index in [1.54, 1.807) is 19.0 Å². The van der Waals surface area contributed by atoms with Crippen molar-refractivity contribution in [3.8, 4) is 0 Å². The van der Waals surface area contributed by atoms with Crippen LogP contribution >= 0.6 is 0 Å². The Balaban J connectivity index is 2.72. The van der Waals surface area contributed by atoms with Gasteiger partial charge in [0.05, 0.1) is 5.57 Å². The molecule has 7 heteroatoms. The molecule has 0 radical (unpaired) electrons. The zero-order chi connectivity index (χ0) is 15.5. The van der Waals surface area contributed by atoms with E-state index < -0.39 is 13.7 Å². The van der Waals surface area contributed by atoms with E-state index >= 15 is 0 Å². The fourth-order valence-electron chi connectivity index (χ4n) is 3.01. The summed E-state index contributed by atoms with van der Waals surface area (Å²) in [5.41, 5.74) is 6.39. The minimum absolute atomic E-state index is 0.0745. The number of rotatable bonds is 2. The van der Waals surface area contributed by atoms with Crippen molar-refractivity contribution >= 4 is 20.0 Å². The Morgan fingerprint density at radius 1 is 1.15 bits per heavy atom. The molecule has 1 atom stereocenters. The van der Waals surface area contributed by atoms with Crippen LogP contribution in [0.1, 0.15) is 13.8 Å². The molecule has 20 heavy (non-hydrogen) atoms. The maximum Gasteiger partial charge on any atom is 0.328 e. The lowest BCUT2D eigenvalue weighted by Gasteiger charge is -2.48. The molecule has 112 valence electrons. The highest BCUT2D eigenvalue weighted by molar-refractivity contribution is 6.83. The molecule has 2 rings (SSSR count). The lowest BCUT2D eigenvalue weighted by atomic mass is 9.86. The summed E-state index contributed by atoms with van der Waals surface area (Å²) in [5, 5.41) is 0.988. The highest BCUT2D eigenvalue weighted by atomic mass is 28.3. The van der Waals surface area contributed by atoms with Crippen molar-refractivity contribution in [2.24, 2.45) is 5.92 Å². The Kier molecular flexibility index (Phi) is 3.26. The first-order chi connectivity index (χ1) is 9.05. The number of hydrogen-bond donors (Lipinski definition) is 2. The summed E-state index contributed by atoms with van der Waals surface area (Å²) in [7, 11) is 1.56. The maximum absolute atomic E-state index is 12.7. The summed E-state index contributed by atoms with van der Waals surface area (Å²) >= 11 is 0. The van der Waals surface area contributed by atoms with E-state index in [0.29, 0.717) is 5.57 Å². The van der Waals surface area contributed by atoms with E-state index in [9.17, 15) is 9.59 Å². The molecule has 6 nitrogen and oxygen atoms in total. The van der Waals surface area contributed by atoms with Crippen LogP contribution in [-0.4, -0.2) is 49.6 Å². The van der Waals surface area contributed by atoms with Crippen molar-refractivity contribution < 1.29 is 9.59 Å². The van der Waals surface area contributed by atoms with Crippen LogP contribution in [0.5, 0.6) is 0 Å². The Hall–Kier alpha value is -1.34. The number of nitrogens with one attached hydrogen (secondary N) is 2. The topological polar surface area (TPSA) is 64.7 Å². The van der Waals surface area contributed by atoms with Crippen LogP contribution in [0.3, 0.4) is 0 Å². The minimum atomic E-state index is -1.73. The van der Waals surface area contributed by atoms with Gasteiger partial charge in [-0.3, -0.25) is 9.69 Å². The second kappa shape index (κ2) is 4.32. The number of imide groups is 1. The number of amides is 3. The largest absolute Gasteiger partial charge is 0.328 e. The van der Waals surface area contributed by atoms with Crippen LogP contribution in [0.4, 0.5) is 4.79 Å². The van der Waals surface area contributed by atoms with Gasteiger partial charge in [0.1, 0.15) is 13.7 Å². The van der Waals surface area contributed by atoms with Crippen molar-refractivity contribution in [1.82, 2.24) is 20.7 Å². The second-order valence-corrected chi connectivity index (χ2v) is 11.9. The molecule has 1 fully saturated rings. The first kappa shape index (κ1) is 15.1. The van der Waals surface area contributed by atoms with Crippen molar-refractivity contribution in [3.63, 3.8) is 0 Å². The van der Waals surface area contributed by atoms with Gasteiger partial charge in [0.15, 0.2) is 0 Å². The van der Waals surface area contributed by atoms with Crippen LogP contribution < -0.4 is 10.9 Å². The molecular formula is C13H24N4O2Si. The normalized spacial score (nSPS) is 27.4. The van der Waals surface area contributed by atoms with Crippen LogP contribution in [-0.2, 0) is 4.79 Å². The molecule has 0 saturated carbocycles. The van der Waals surface area contributed by atoms with E-state index in [4.69, 9.17) is 0 Å². The molecule has 2 aliphatic heterocycles. The molecule has 2 heterocycles. The third kappa shape index (κ3) is 1.72. The number of likely N-dealkylation sites (N-methyl/N-ethyl adjacent to an activating group) is 2. The van der Waals surface area contributed by atoms with Crippen molar-refractivity contribution in [3.05, 3.63) is 10.9 Å². The third-order valence-corrected chi connectivity index (χ3v) is 6.09. The molecule has 2 aliphatic rings. The van der Waals surface area contributed by atoms with Gasteiger partial charge in [-0.15, -0.1) is 0 Å². The van der Waals surface area contributed by atoms with E-state index in [1.165, 1.54) is 4.90 Å². The van der Waals surface area contributed by atoms with Crippen LogP contribution in [0, 0.1) is 5.92 Å². The Bertz CT molecular complexity index is 509. The number of hydrogen-bond acceptors (Lipinski definition) is 4. The molecule has 0 bridgehead atoms. The summed E-state index contributed by atoms with van der Waals surface area (Å²) in [6.07, 6.45) is 0. The van der Waals surface area contributed by atoms with E-state index in [-0.39, 0.29) is 17.9 Å². The van der Waals surface area contributed by atoms with E-state index in [0.717, 1.165) is 5.32 Å². The van der Waals surface area contributed by atoms with Gasteiger partial charge >= 0.3 is 6.03 Å². The summed E-state index contributed by atoms with van der Waals surface area (Å²) in [4.78, 5) is 27.8. The van der Waals surface area contributed by atoms with Gasteiger partial charge in [-0.1, -0.05) is 33.5 Å². The minimum Gasteiger partial charge on any atom is -0.327 e. The van der Waals surface area contributed by atoms with Gasteiger partial charge in [0.2, 0.25) is 0 Å². The molecule has 0 aliphatic carbocycles. The van der Waals surface area contributed by atoms with Crippen molar-refractivity contribution in [2.75, 3.05) is 14.1 Å². The predicted molar refractivity (Wildman–Crippen MR) is 80.1 cm³/mol. The molecule has 1 unspecified atom stereocenters. The Morgan fingerprint density at radius 3 is 2.15 bits per heavy atom. The lowest BCUT2D eigenvalue weighted by Crippen LogP contribution is -2.70. The maximum atomic E-state index is 12.7. The summed E-state index contributed by atoms with van der Waals surface area (Å²) < 4.78 is 0. The third-order valence-electron chi connectivity index (χ3n) is 4.22. The Morgan fingerprint density at radius 2 is 1.70 bits per heavy atom. The number of carbonyl (C=O) groups excluding carboxylic acids is 2. The number of carbonyl (C=O) groups is 2. The summed E-state index contributed by atoms with van der Waals surface area (Å²) in [6, 6.07) is -0.279. The van der Waals surface area contributed by atoms with Crippen molar-refractivity contribution in [2.45, 2.75) is 39.2 Å². The molecule has 1 saturated heterocycles. The number of hydrazine groups is 1. The second-order valence-electron chi connectivity index (χ2n) is 6.88. The van der Waals surface area contributed by atoms with Gasteiger partial charge < -0.3 is 10.3 Å². The number of nitrogens with zero attached hydrogens (tertiary/aromatic N) is 2. The molecule has 0 aromatic rings. The molecule has 3 amide bonds. The highest BCUT2D eigenvalue weighted by Crippen LogP contribution is 2.40. The summed E-state index contributed by atoms with van der Waals surface area (Å²) in [6.45, 7) is 10.6. The van der Waals surface area contributed by atoms with Crippen LogP contribution in [0.15, 0.2) is 10.9 Å². The van der Waals surface area contributed by atoms with Crippen molar-refractivity contribution in [1.29, 1.82) is 0 Å². The molecule has 0 aromatic carbocycles. The first-order valence-corrected chi connectivity index (χ1v) is 10.4. The first-order valence-electron chi connectivity index (χ1n) is 6.89. The molecule has 0 aromatic heterocycles. The van der Waals surface area contributed by atoms with Crippen LogP contribution in [0.25, 0.3) is 0 Å². The zero-order valence-electron chi connectivity index (χ0n) is 13.3. The number of urea groups is 1. The fourth-order valence-corrected chi connectivity index (χ4v) is 4.49. The average molecular weight is 296 g/mol. The summed E-state index contributed by atoms with van der Waals surface area (Å²) in [5.74, 6) is -0.123. The highest BCUT2D eigenvalue weighted by Gasteiger charge is 2.58. The smallest absolute Gasteiger partial charge is 0.327 e. The van der Waals surface area contributed by atoms with Crippen LogP contribution in [0.2, 0.25) is 19.6 Å². The monoisotopic (exact) mass is 296 g/mol. The fraction of sp³-hybridized carbons (Fsp3) is 0.692. The van der Waals surface area contributed by atoms with Gasteiger partial charge in [-0.2, -0.15) is 0 Å². The predicted octanol–water partition coefficient (Wildman–Crippen LogP) is 1.10. The Labute approximate surface area is 121 Å². The standard InChI is InChI=1S/C13H24N4O2Si/c1-8(2)13-9(10(14-15-13)20(5,6)7)11(18)16(3)12(19)17(13)4/h8,14-15H,1-7H3. The van der Waals surface area contributed by atoms with E-state index in [1.807, 2.05) is 13.8 Å². The average Bonchev–Trinajstić information content (AvgIpc) is 2.75. The van der Waals surface area contributed by atoms with E-state index in [2.05, 4.69) is 30.5 Å². The quantitative estimate of drug-likeness (QED) is 0.749. The molecule has 2 N–H and O–H groups in total. The van der Waals surface area contributed by atoms with Gasteiger partial charge in [-0.25, -0.2) is 10.2 Å². The molecular weight excluding hydrogens is 272 g/mol. The SMILES string of the molecule is CC(C)C12NNC([Si](C)(C)C)=C1C(=O)N(C)C(=O)N2C. The van der Waals surface area contributed by atoms with Gasteiger partial charge in [0, 0.05) is 19.4 Å². The van der Waals surface area contributed by atoms with Gasteiger partial charge in [0.25, 0.3) is 5.91 Å². The number of fused-ring (bicyclic) bond motifs is 1. The molecule has 0 spiro atoms. The zero-order valence-corrected chi connectivity index (χ0v) is 14.3. The lowest BCUT2D eigenvalue weighted by molar-refractivity contribution is -0.128.